The highest BCUT2D eigenvalue weighted by Gasteiger charge is 2.45. The first-order valence-electron chi connectivity index (χ1n) is 16.4. The Balaban J connectivity index is 1.76. The first-order chi connectivity index (χ1) is 20.9. The van der Waals surface area contributed by atoms with Gasteiger partial charge < -0.3 is 10.2 Å². The zero-order valence-corrected chi connectivity index (χ0v) is 27.2. The predicted octanol–water partition coefficient (Wildman–Crippen LogP) is 4.40. The van der Waals surface area contributed by atoms with E-state index in [9.17, 15) is 28.8 Å². The fourth-order valence-corrected chi connectivity index (χ4v) is 6.25. The smallest absolute Gasteiger partial charge is 0.246 e. The summed E-state index contributed by atoms with van der Waals surface area (Å²) in [6.07, 6.45) is 8.78. The molecule has 1 N–H and O–H groups in total. The van der Waals surface area contributed by atoms with E-state index in [4.69, 9.17) is 0 Å². The molecule has 1 saturated carbocycles. The van der Waals surface area contributed by atoms with Crippen molar-refractivity contribution in [1.29, 1.82) is 0 Å². The van der Waals surface area contributed by atoms with Gasteiger partial charge >= 0.3 is 0 Å². The summed E-state index contributed by atoms with van der Waals surface area (Å²) < 4.78 is 0. The Morgan fingerprint density at radius 2 is 1.66 bits per heavy atom. The summed E-state index contributed by atoms with van der Waals surface area (Å²) in [6, 6.07) is -1.61. The molecule has 0 spiro atoms. The molecule has 1 aliphatic heterocycles. The molecule has 3 rings (SSSR count). The van der Waals surface area contributed by atoms with E-state index in [0.717, 1.165) is 12.8 Å². The van der Waals surface area contributed by atoms with Crippen LogP contribution in [-0.2, 0) is 24.0 Å². The molecule has 1 aromatic rings. The lowest BCUT2D eigenvalue weighted by molar-refractivity contribution is -0.144. The minimum atomic E-state index is -0.894. The van der Waals surface area contributed by atoms with Crippen molar-refractivity contribution >= 4 is 34.9 Å². The lowest BCUT2D eigenvalue weighted by atomic mass is 9.84. The molecule has 242 valence electrons. The number of ketones is 4. The maximum atomic E-state index is 14.1. The van der Waals surface area contributed by atoms with Crippen molar-refractivity contribution in [3.8, 4) is 0 Å². The van der Waals surface area contributed by atoms with Crippen LogP contribution in [0.1, 0.15) is 110 Å². The van der Waals surface area contributed by atoms with E-state index < -0.39 is 35.6 Å². The van der Waals surface area contributed by atoms with Crippen molar-refractivity contribution in [1.82, 2.24) is 20.2 Å². The van der Waals surface area contributed by atoms with Gasteiger partial charge in [0.1, 0.15) is 11.7 Å². The monoisotopic (exact) mass is 610 g/mol. The van der Waals surface area contributed by atoms with Crippen molar-refractivity contribution in [2.24, 2.45) is 35.5 Å². The van der Waals surface area contributed by atoms with Crippen molar-refractivity contribution < 1.29 is 28.8 Å². The number of hydrogen-bond acceptors (Lipinski definition) is 8. The molecule has 44 heavy (non-hydrogen) atoms. The number of amides is 2. The molecule has 1 saturated heterocycles. The summed E-state index contributed by atoms with van der Waals surface area (Å²) in [4.78, 5) is 89.6. The third kappa shape index (κ3) is 9.11. The maximum absolute atomic E-state index is 14.1. The van der Waals surface area contributed by atoms with E-state index in [0.29, 0.717) is 38.1 Å². The molecule has 10 nitrogen and oxygen atoms in total. The van der Waals surface area contributed by atoms with E-state index in [-0.39, 0.29) is 66.0 Å². The van der Waals surface area contributed by atoms with Gasteiger partial charge in [0.2, 0.25) is 17.6 Å². The molecule has 5 atom stereocenters. The number of nitrogens with zero attached hydrogens (tertiary/aromatic N) is 3. The number of carbonyl (C=O) groups excluding carboxylic acids is 6. The second kappa shape index (κ2) is 16.1. The highest BCUT2D eigenvalue weighted by Crippen LogP contribution is 2.34. The average molecular weight is 611 g/mol. The Morgan fingerprint density at radius 3 is 2.20 bits per heavy atom. The van der Waals surface area contributed by atoms with Crippen molar-refractivity contribution in [2.75, 3.05) is 6.54 Å². The number of Topliss-reactive ketones (excluding diaryl/α,β-unsaturated/α-hetero) is 4. The molecule has 2 fully saturated rings. The van der Waals surface area contributed by atoms with Gasteiger partial charge in [0.25, 0.3) is 0 Å². The average Bonchev–Trinajstić information content (AvgIpc) is 3.70. The molecule has 2 amide bonds. The first kappa shape index (κ1) is 35.2. The second-order valence-corrected chi connectivity index (χ2v) is 13.3. The van der Waals surface area contributed by atoms with E-state index >= 15 is 0 Å². The van der Waals surface area contributed by atoms with Crippen molar-refractivity contribution in [3.05, 3.63) is 24.3 Å². The summed E-state index contributed by atoms with van der Waals surface area (Å²) in [6.45, 7) is 11.7. The van der Waals surface area contributed by atoms with Gasteiger partial charge in [-0.2, -0.15) is 0 Å². The van der Waals surface area contributed by atoms with Crippen LogP contribution in [0.15, 0.2) is 18.6 Å². The largest absolute Gasteiger partial charge is 0.344 e. The first-order valence-corrected chi connectivity index (χ1v) is 16.4. The number of likely N-dealkylation sites (tertiary alicyclic amines) is 1. The summed E-state index contributed by atoms with van der Waals surface area (Å²) >= 11 is 0. The van der Waals surface area contributed by atoms with Crippen LogP contribution in [0.4, 0.5) is 0 Å². The molecular weight excluding hydrogens is 560 g/mol. The van der Waals surface area contributed by atoms with Gasteiger partial charge in [-0.3, -0.25) is 33.8 Å². The Hall–Kier alpha value is -3.30. The molecule has 0 aromatic carbocycles. The summed E-state index contributed by atoms with van der Waals surface area (Å²) in [5.74, 6) is -3.68. The quantitative estimate of drug-likeness (QED) is 0.190. The van der Waals surface area contributed by atoms with E-state index in [1.807, 2.05) is 41.5 Å². The zero-order valence-electron chi connectivity index (χ0n) is 27.2. The van der Waals surface area contributed by atoms with Gasteiger partial charge in [-0.05, 0) is 49.4 Å². The van der Waals surface area contributed by atoms with Crippen LogP contribution in [0.25, 0.3) is 0 Å². The van der Waals surface area contributed by atoms with Gasteiger partial charge in [-0.1, -0.05) is 54.4 Å². The number of carbonyl (C=O) groups is 6. The minimum Gasteiger partial charge on any atom is -0.344 e. The van der Waals surface area contributed by atoms with Crippen molar-refractivity contribution in [2.45, 2.75) is 111 Å². The topological polar surface area (TPSA) is 143 Å². The summed E-state index contributed by atoms with van der Waals surface area (Å²) in [5.41, 5.74) is 0.181. The van der Waals surface area contributed by atoms with Gasteiger partial charge in [0, 0.05) is 50.0 Å². The summed E-state index contributed by atoms with van der Waals surface area (Å²) in [7, 11) is 0. The van der Waals surface area contributed by atoms with Crippen LogP contribution in [0.2, 0.25) is 0 Å². The number of aromatic nitrogens is 2. The fraction of sp³-hybridized carbons (Fsp3) is 0.706. The standard InChI is InChI=1S/C34H50N4O6/c1-7-9-24(32(42)29(41)16-22-10-11-22)17-28(40)31-23(8-2)12-15-38(31)34(44)30(21(5)6)37-33(43)25(20(3)4)18-27(39)26-19-35-13-14-36-26/h13-14,19-25,30-31H,7-12,15-18H2,1-6H3,(H,37,43)/t23-,24?,25-,30-,31-/m0/s1. The maximum Gasteiger partial charge on any atom is 0.246 e. The number of nitrogens with one attached hydrogen (secondary N) is 1. The van der Waals surface area contributed by atoms with Crippen LogP contribution >= 0.6 is 0 Å². The molecule has 1 aromatic heterocycles. The molecule has 2 aliphatic rings. The number of hydrogen-bond donors (Lipinski definition) is 1. The van der Waals surface area contributed by atoms with Crippen LogP contribution in [0, 0.1) is 35.5 Å². The molecule has 1 aliphatic carbocycles. The molecular formula is C34H50N4O6. The Morgan fingerprint density at radius 1 is 0.955 bits per heavy atom. The molecule has 2 heterocycles. The lowest BCUT2D eigenvalue weighted by Crippen LogP contribution is -2.56. The number of rotatable bonds is 18. The van der Waals surface area contributed by atoms with Gasteiger partial charge in [-0.25, -0.2) is 4.98 Å². The highest BCUT2D eigenvalue weighted by molar-refractivity contribution is 6.38. The SMILES string of the molecule is CCCC(CC(=O)[C@@H]1[C@@H](CC)CCN1C(=O)[C@@H](NC(=O)[C@@H](CC(=O)c1cnccn1)C(C)C)C(C)C)C(=O)C(=O)CC1CC1. The minimum absolute atomic E-state index is 0.0629. The van der Waals surface area contributed by atoms with Crippen molar-refractivity contribution in [3.63, 3.8) is 0 Å². The van der Waals surface area contributed by atoms with E-state index in [2.05, 4.69) is 15.3 Å². The Kier molecular flexibility index (Phi) is 12.9. The molecule has 0 bridgehead atoms. The van der Waals surface area contributed by atoms with Gasteiger partial charge in [-0.15, -0.1) is 0 Å². The van der Waals surface area contributed by atoms with Gasteiger partial charge in [0.05, 0.1) is 12.2 Å². The third-order valence-corrected chi connectivity index (χ3v) is 9.19. The third-order valence-electron chi connectivity index (χ3n) is 9.19. The fourth-order valence-electron chi connectivity index (χ4n) is 6.25. The normalized spacial score (nSPS) is 20.3. The molecule has 10 heteroatoms. The zero-order chi connectivity index (χ0) is 32.6. The predicted molar refractivity (Wildman–Crippen MR) is 165 cm³/mol. The molecule has 0 radical (unpaired) electrons. The lowest BCUT2D eigenvalue weighted by Gasteiger charge is -2.33. The second-order valence-electron chi connectivity index (χ2n) is 13.3. The van der Waals surface area contributed by atoms with Crippen LogP contribution < -0.4 is 5.32 Å². The Labute approximate surface area is 261 Å². The van der Waals surface area contributed by atoms with Gasteiger partial charge in [0.15, 0.2) is 17.3 Å². The molecule has 1 unspecified atom stereocenters. The Bertz CT molecular complexity index is 1200. The summed E-state index contributed by atoms with van der Waals surface area (Å²) in [5, 5.41) is 2.91. The van der Waals surface area contributed by atoms with Crippen LogP contribution in [0.5, 0.6) is 0 Å². The van der Waals surface area contributed by atoms with E-state index in [1.54, 1.807) is 4.90 Å². The van der Waals surface area contributed by atoms with Crippen LogP contribution in [-0.4, -0.2) is 68.4 Å². The van der Waals surface area contributed by atoms with Crippen LogP contribution in [0.3, 0.4) is 0 Å². The van der Waals surface area contributed by atoms with E-state index in [1.165, 1.54) is 18.6 Å². The highest BCUT2D eigenvalue weighted by atomic mass is 16.2.